The average molecular weight is 290 g/mol. The lowest BCUT2D eigenvalue weighted by Crippen LogP contribution is -2.54. The van der Waals surface area contributed by atoms with Crippen LogP contribution in [0.4, 0.5) is 0 Å². The van der Waals surface area contributed by atoms with Crippen molar-refractivity contribution >= 4 is 11.6 Å². The highest BCUT2D eigenvalue weighted by Crippen LogP contribution is 2.53. The van der Waals surface area contributed by atoms with Gasteiger partial charge in [-0.25, -0.2) is 0 Å². The van der Waals surface area contributed by atoms with Gasteiger partial charge in [-0.3, -0.25) is 0 Å². The van der Waals surface area contributed by atoms with Gasteiger partial charge in [0, 0.05) is 17.6 Å². The lowest BCUT2D eigenvalue weighted by atomic mass is 9.54. The van der Waals surface area contributed by atoms with Crippen LogP contribution in [0.25, 0.3) is 0 Å². The molecule has 2 heteroatoms. The Hall–Kier alpha value is -0.530. The molecule has 0 saturated heterocycles. The highest BCUT2D eigenvalue weighted by molar-refractivity contribution is 6.31. The molecule has 1 nitrogen and oxygen atoms in total. The first-order valence-electron chi connectivity index (χ1n) is 8.17. The maximum Gasteiger partial charge on any atom is 0.0438 e. The van der Waals surface area contributed by atoms with E-state index >= 15 is 0 Å². The van der Waals surface area contributed by atoms with Crippen molar-refractivity contribution in [2.75, 3.05) is 0 Å². The maximum absolute atomic E-state index is 6.23. The first kappa shape index (κ1) is 13.2. The summed E-state index contributed by atoms with van der Waals surface area (Å²) in [5.41, 5.74) is 2.50. The number of benzene rings is 1. The average Bonchev–Trinajstić information content (AvgIpc) is 2.41. The zero-order valence-corrected chi connectivity index (χ0v) is 13.0. The third-order valence-corrected chi connectivity index (χ3v) is 6.41. The molecular weight excluding hydrogens is 266 g/mol. The minimum absolute atomic E-state index is 0.767. The van der Waals surface area contributed by atoms with Gasteiger partial charge in [-0.15, -0.1) is 0 Å². The van der Waals surface area contributed by atoms with Crippen LogP contribution in [0.3, 0.4) is 0 Å². The van der Waals surface area contributed by atoms with Gasteiger partial charge in [0.15, 0.2) is 0 Å². The molecule has 0 unspecified atom stereocenters. The van der Waals surface area contributed by atoms with E-state index in [4.69, 9.17) is 11.6 Å². The molecule has 4 bridgehead atoms. The quantitative estimate of drug-likeness (QED) is 0.860. The number of halogens is 1. The fourth-order valence-electron chi connectivity index (χ4n) is 5.24. The standard InChI is InChI=1S/C18H24ClN/c1-11-2-3-12(9-17(11)19)10-20-18-15-5-13-4-14(7-15)8-16(18)6-13/h2-3,9,13-16,18,20H,4-8,10H2,1H3. The Balaban J connectivity index is 1.43. The molecule has 4 saturated carbocycles. The van der Waals surface area contributed by atoms with Gasteiger partial charge in [-0.2, -0.15) is 0 Å². The molecule has 1 aromatic rings. The fraction of sp³-hybridized carbons (Fsp3) is 0.667. The van der Waals surface area contributed by atoms with Crippen LogP contribution < -0.4 is 5.32 Å². The van der Waals surface area contributed by atoms with E-state index in [1.165, 1.54) is 43.2 Å². The number of hydrogen-bond acceptors (Lipinski definition) is 1. The van der Waals surface area contributed by atoms with E-state index in [1.807, 2.05) is 0 Å². The van der Waals surface area contributed by atoms with Crippen molar-refractivity contribution in [2.45, 2.75) is 51.6 Å². The van der Waals surface area contributed by atoms with Crippen molar-refractivity contribution in [1.29, 1.82) is 0 Å². The van der Waals surface area contributed by atoms with Crippen molar-refractivity contribution in [1.82, 2.24) is 5.32 Å². The van der Waals surface area contributed by atoms with E-state index in [1.54, 1.807) is 0 Å². The molecule has 0 amide bonds. The smallest absolute Gasteiger partial charge is 0.0438 e. The first-order chi connectivity index (χ1) is 9.69. The van der Waals surface area contributed by atoms with Gasteiger partial charge < -0.3 is 5.32 Å². The molecule has 1 N–H and O–H groups in total. The van der Waals surface area contributed by atoms with Gasteiger partial charge in [-0.05, 0) is 79.9 Å². The van der Waals surface area contributed by atoms with Gasteiger partial charge in [0.05, 0.1) is 0 Å². The summed E-state index contributed by atoms with van der Waals surface area (Å²) in [6.45, 7) is 3.05. The summed E-state index contributed by atoms with van der Waals surface area (Å²) >= 11 is 6.23. The van der Waals surface area contributed by atoms with E-state index in [-0.39, 0.29) is 0 Å². The molecule has 5 rings (SSSR count). The van der Waals surface area contributed by atoms with Crippen molar-refractivity contribution in [3.8, 4) is 0 Å². The molecule has 0 aliphatic heterocycles. The van der Waals surface area contributed by atoms with Gasteiger partial charge in [0.2, 0.25) is 0 Å². The van der Waals surface area contributed by atoms with Crippen molar-refractivity contribution in [3.05, 3.63) is 34.3 Å². The molecule has 4 aliphatic carbocycles. The van der Waals surface area contributed by atoms with E-state index in [9.17, 15) is 0 Å². The highest BCUT2D eigenvalue weighted by Gasteiger charge is 2.47. The third-order valence-electron chi connectivity index (χ3n) is 6.00. The van der Waals surface area contributed by atoms with Crippen molar-refractivity contribution < 1.29 is 0 Å². The van der Waals surface area contributed by atoms with Crippen LogP contribution in [0.2, 0.25) is 5.02 Å². The Bertz CT molecular complexity index is 482. The van der Waals surface area contributed by atoms with Gasteiger partial charge in [-0.1, -0.05) is 23.7 Å². The van der Waals surface area contributed by atoms with E-state index in [2.05, 4.69) is 30.4 Å². The molecule has 4 aliphatic rings. The molecule has 0 aromatic heterocycles. The van der Waals surface area contributed by atoms with Crippen molar-refractivity contribution in [3.63, 3.8) is 0 Å². The first-order valence-corrected chi connectivity index (χ1v) is 8.55. The predicted octanol–water partition coefficient (Wildman–Crippen LogP) is 4.56. The van der Waals surface area contributed by atoms with Crippen LogP contribution in [0.5, 0.6) is 0 Å². The lowest BCUT2D eigenvalue weighted by Gasteiger charge is -2.54. The van der Waals surface area contributed by atoms with E-state index in [0.717, 1.165) is 41.3 Å². The highest BCUT2D eigenvalue weighted by atomic mass is 35.5. The molecule has 108 valence electrons. The summed E-state index contributed by atoms with van der Waals surface area (Å²) in [6.07, 6.45) is 7.48. The van der Waals surface area contributed by atoms with Crippen LogP contribution in [0, 0.1) is 30.6 Å². The minimum atomic E-state index is 0.767. The summed E-state index contributed by atoms with van der Waals surface area (Å²) < 4.78 is 0. The normalized spacial score (nSPS) is 38.4. The summed E-state index contributed by atoms with van der Waals surface area (Å²) in [6, 6.07) is 7.24. The molecule has 0 radical (unpaired) electrons. The monoisotopic (exact) mass is 289 g/mol. The summed E-state index contributed by atoms with van der Waals surface area (Å²) in [5.74, 6) is 4.02. The number of nitrogens with one attached hydrogen (secondary N) is 1. The van der Waals surface area contributed by atoms with Crippen LogP contribution in [-0.2, 0) is 6.54 Å². The Kier molecular flexibility index (Phi) is 3.31. The van der Waals surface area contributed by atoms with Crippen molar-refractivity contribution in [2.24, 2.45) is 23.7 Å². The molecule has 4 fully saturated rings. The topological polar surface area (TPSA) is 12.0 Å². The van der Waals surface area contributed by atoms with Gasteiger partial charge in [0.25, 0.3) is 0 Å². The predicted molar refractivity (Wildman–Crippen MR) is 83.9 cm³/mol. The number of aryl methyl sites for hydroxylation is 1. The second-order valence-corrected chi connectivity index (χ2v) is 7.83. The zero-order chi connectivity index (χ0) is 13.7. The molecule has 0 atom stereocenters. The largest absolute Gasteiger partial charge is 0.309 e. The molecule has 0 spiro atoms. The summed E-state index contributed by atoms with van der Waals surface area (Å²) in [5, 5.41) is 4.77. The SMILES string of the molecule is Cc1ccc(CNC2C3CC4CC(C3)CC2C4)cc1Cl. The Morgan fingerprint density at radius 3 is 2.30 bits per heavy atom. The number of rotatable bonds is 3. The van der Waals surface area contributed by atoms with Crippen LogP contribution >= 0.6 is 11.6 Å². The second kappa shape index (κ2) is 5.03. The van der Waals surface area contributed by atoms with Gasteiger partial charge in [0.1, 0.15) is 0 Å². The van der Waals surface area contributed by atoms with Crippen LogP contribution in [0.1, 0.15) is 43.2 Å². The Morgan fingerprint density at radius 2 is 1.70 bits per heavy atom. The molecule has 20 heavy (non-hydrogen) atoms. The second-order valence-electron chi connectivity index (χ2n) is 7.42. The molecule has 0 heterocycles. The van der Waals surface area contributed by atoms with Gasteiger partial charge >= 0.3 is 0 Å². The maximum atomic E-state index is 6.23. The Morgan fingerprint density at radius 1 is 1.05 bits per heavy atom. The summed E-state index contributed by atoms with van der Waals surface area (Å²) in [4.78, 5) is 0. The Labute approximate surface area is 127 Å². The molecule has 1 aromatic carbocycles. The fourth-order valence-corrected chi connectivity index (χ4v) is 5.44. The lowest BCUT2D eigenvalue weighted by molar-refractivity contribution is -0.0142. The van der Waals surface area contributed by atoms with Crippen LogP contribution in [-0.4, -0.2) is 6.04 Å². The summed E-state index contributed by atoms with van der Waals surface area (Å²) in [7, 11) is 0. The minimum Gasteiger partial charge on any atom is -0.309 e. The molecular formula is C18H24ClN. The number of hydrogen-bond donors (Lipinski definition) is 1. The van der Waals surface area contributed by atoms with E-state index < -0.39 is 0 Å². The van der Waals surface area contributed by atoms with E-state index in [0.29, 0.717) is 0 Å². The third kappa shape index (κ3) is 2.29. The van der Waals surface area contributed by atoms with Crippen LogP contribution in [0.15, 0.2) is 18.2 Å². The zero-order valence-electron chi connectivity index (χ0n) is 12.2.